The average Bonchev–Trinajstić information content (AvgIpc) is 2.53. The Morgan fingerprint density at radius 3 is 1.50 bits per heavy atom. The molecule has 2 heteroatoms. The summed E-state index contributed by atoms with van der Waals surface area (Å²) in [4.78, 5) is 9.02. The van der Waals surface area contributed by atoms with Crippen LogP contribution in [0.15, 0.2) is 60.9 Å². The van der Waals surface area contributed by atoms with Crippen LogP contribution in [0.3, 0.4) is 0 Å². The van der Waals surface area contributed by atoms with Gasteiger partial charge in [-0.3, -0.25) is 9.97 Å². The molecule has 0 radical (unpaired) electrons. The largest absolute Gasteiger partial charge is 0.256 e. The second-order valence-electron chi connectivity index (χ2n) is 5.12. The number of hydrogen-bond donors (Lipinski definition) is 0. The third-order valence-electron chi connectivity index (χ3n) is 4.12. The van der Waals surface area contributed by atoms with Gasteiger partial charge in [-0.05, 0) is 45.8 Å². The first kappa shape index (κ1) is 10.1. The second-order valence-corrected chi connectivity index (χ2v) is 5.12. The van der Waals surface area contributed by atoms with E-state index in [0.29, 0.717) is 0 Å². The van der Waals surface area contributed by atoms with Crippen LogP contribution >= 0.6 is 0 Å². The van der Waals surface area contributed by atoms with Gasteiger partial charge in [0.1, 0.15) is 0 Å². The number of fused-ring (bicyclic) bond motifs is 3. The zero-order chi connectivity index (χ0) is 13.1. The molecule has 0 fully saturated rings. The maximum absolute atomic E-state index is 4.51. The summed E-state index contributed by atoms with van der Waals surface area (Å²) >= 11 is 0. The molecular weight excluding hydrogens is 244 g/mol. The maximum atomic E-state index is 4.51. The fourth-order valence-electron chi connectivity index (χ4n) is 3.29. The summed E-state index contributed by atoms with van der Waals surface area (Å²) < 4.78 is 0. The molecule has 0 amide bonds. The summed E-state index contributed by atoms with van der Waals surface area (Å²) in [5.74, 6) is 0. The van der Waals surface area contributed by atoms with E-state index in [1.807, 2.05) is 12.4 Å². The van der Waals surface area contributed by atoms with E-state index < -0.39 is 0 Å². The molecule has 5 rings (SSSR count). The van der Waals surface area contributed by atoms with Crippen molar-refractivity contribution in [2.75, 3.05) is 0 Å². The van der Waals surface area contributed by atoms with Gasteiger partial charge in [-0.25, -0.2) is 0 Å². The third kappa shape index (κ3) is 1.09. The molecule has 3 aromatic carbocycles. The van der Waals surface area contributed by atoms with E-state index in [0.717, 1.165) is 11.0 Å². The number of hydrogen-bond acceptors (Lipinski definition) is 2. The summed E-state index contributed by atoms with van der Waals surface area (Å²) in [5.41, 5.74) is 2.08. The molecule has 2 aromatic heterocycles. The highest BCUT2D eigenvalue weighted by Crippen LogP contribution is 2.38. The molecule has 20 heavy (non-hydrogen) atoms. The Morgan fingerprint density at radius 1 is 0.500 bits per heavy atom. The second kappa shape index (κ2) is 3.42. The minimum absolute atomic E-state index is 1.04. The highest BCUT2D eigenvalue weighted by atomic mass is 14.7. The minimum Gasteiger partial charge on any atom is -0.256 e. The molecule has 2 nitrogen and oxygen atoms in total. The van der Waals surface area contributed by atoms with E-state index in [9.17, 15) is 0 Å². The number of nitrogens with zero attached hydrogens (tertiary/aromatic N) is 2. The summed E-state index contributed by atoms with van der Waals surface area (Å²) in [6.07, 6.45) is 3.78. The molecule has 92 valence electrons. The summed E-state index contributed by atoms with van der Waals surface area (Å²) in [6, 6.07) is 16.9. The molecule has 0 N–H and O–H groups in total. The van der Waals surface area contributed by atoms with Gasteiger partial charge in [-0.2, -0.15) is 0 Å². The van der Waals surface area contributed by atoms with E-state index in [2.05, 4.69) is 58.5 Å². The van der Waals surface area contributed by atoms with Gasteiger partial charge in [0.25, 0.3) is 0 Å². The molecule has 0 aliphatic carbocycles. The zero-order valence-electron chi connectivity index (χ0n) is 10.7. The normalized spacial score (nSPS) is 12.0. The average molecular weight is 254 g/mol. The molecular formula is C18H10N2. The van der Waals surface area contributed by atoms with Crippen molar-refractivity contribution in [1.29, 1.82) is 0 Å². The number of rotatable bonds is 0. The van der Waals surface area contributed by atoms with Gasteiger partial charge in [-0.15, -0.1) is 0 Å². The van der Waals surface area contributed by atoms with Crippen molar-refractivity contribution >= 4 is 43.4 Å². The lowest BCUT2D eigenvalue weighted by molar-refractivity contribution is 1.41. The van der Waals surface area contributed by atoms with E-state index >= 15 is 0 Å². The fraction of sp³-hybridized carbons (Fsp3) is 0. The molecule has 0 aliphatic rings. The van der Waals surface area contributed by atoms with E-state index in [1.165, 1.54) is 32.3 Å². The standard InChI is InChI=1S/C18H10N2/c1-2-4-12-11(3-1)13-7-9-19-15-5-6-16-18(17(13)15)14(12)8-10-20-16/h1-10H. The first-order valence-corrected chi connectivity index (χ1v) is 6.70. The smallest absolute Gasteiger partial charge is 0.0716 e. The highest BCUT2D eigenvalue weighted by molar-refractivity contribution is 6.32. The van der Waals surface area contributed by atoms with Crippen molar-refractivity contribution in [3.63, 3.8) is 0 Å². The van der Waals surface area contributed by atoms with Gasteiger partial charge in [-0.1, -0.05) is 24.3 Å². The number of aromatic nitrogens is 2. The van der Waals surface area contributed by atoms with Crippen LogP contribution in [0.4, 0.5) is 0 Å². The minimum atomic E-state index is 1.04. The van der Waals surface area contributed by atoms with Crippen LogP contribution in [0.2, 0.25) is 0 Å². The van der Waals surface area contributed by atoms with Crippen molar-refractivity contribution in [3.05, 3.63) is 60.9 Å². The van der Waals surface area contributed by atoms with Crippen LogP contribution < -0.4 is 0 Å². The molecule has 0 atom stereocenters. The van der Waals surface area contributed by atoms with Gasteiger partial charge in [0, 0.05) is 23.2 Å². The van der Waals surface area contributed by atoms with Gasteiger partial charge in [0.05, 0.1) is 11.0 Å². The molecule has 0 unspecified atom stereocenters. The Hall–Kier alpha value is -2.74. The van der Waals surface area contributed by atoms with Crippen LogP contribution in [0.25, 0.3) is 43.4 Å². The van der Waals surface area contributed by atoms with Gasteiger partial charge >= 0.3 is 0 Å². The molecule has 5 aromatic rings. The van der Waals surface area contributed by atoms with Gasteiger partial charge in [0.15, 0.2) is 0 Å². The first-order valence-electron chi connectivity index (χ1n) is 6.70. The molecule has 2 heterocycles. The van der Waals surface area contributed by atoms with E-state index in [1.54, 1.807) is 0 Å². The molecule has 0 aliphatic heterocycles. The predicted octanol–water partition coefficient (Wildman–Crippen LogP) is 4.53. The first-order chi connectivity index (χ1) is 9.93. The molecule has 0 spiro atoms. The van der Waals surface area contributed by atoms with Gasteiger partial charge in [0.2, 0.25) is 0 Å². The van der Waals surface area contributed by atoms with Crippen molar-refractivity contribution in [2.24, 2.45) is 0 Å². The Morgan fingerprint density at radius 2 is 1.00 bits per heavy atom. The lowest BCUT2D eigenvalue weighted by Crippen LogP contribution is -1.89. The molecule has 0 bridgehead atoms. The fourth-order valence-corrected chi connectivity index (χ4v) is 3.29. The predicted molar refractivity (Wildman–Crippen MR) is 83.2 cm³/mol. The van der Waals surface area contributed by atoms with Crippen LogP contribution in [0.5, 0.6) is 0 Å². The number of benzene rings is 3. The van der Waals surface area contributed by atoms with Crippen molar-refractivity contribution in [1.82, 2.24) is 9.97 Å². The lowest BCUT2D eigenvalue weighted by Gasteiger charge is -2.12. The number of pyridine rings is 2. The van der Waals surface area contributed by atoms with Gasteiger partial charge < -0.3 is 0 Å². The highest BCUT2D eigenvalue weighted by Gasteiger charge is 2.13. The van der Waals surface area contributed by atoms with Crippen LogP contribution in [-0.4, -0.2) is 9.97 Å². The third-order valence-corrected chi connectivity index (χ3v) is 4.12. The maximum Gasteiger partial charge on any atom is 0.0716 e. The molecule has 0 saturated heterocycles. The van der Waals surface area contributed by atoms with Crippen molar-refractivity contribution < 1.29 is 0 Å². The Labute approximate surface area is 115 Å². The van der Waals surface area contributed by atoms with Crippen LogP contribution in [0, 0.1) is 0 Å². The quantitative estimate of drug-likeness (QED) is 0.300. The Kier molecular flexibility index (Phi) is 1.73. The summed E-state index contributed by atoms with van der Waals surface area (Å²) in [5, 5.41) is 7.55. The topological polar surface area (TPSA) is 25.8 Å². The lowest BCUT2D eigenvalue weighted by atomic mass is 9.93. The van der Waals surface area contributed by atoms with Crippen molar-refractivity contribution in [3.8, 4) is 0 Å². The van der Waals surface area contributed by atoms with Crippen LogP contribution in [-0.2, 0) is 0 Å². The Bertz CT molecular complexity index is 1010. The van der Waals surface area contributed by atoms with Crippen molar-refractivity contribution in [2.45, 2.75) is 0 Å². The van der Waals surface area contributed by atoms with E-state index in [4.69, 9.17) is 0 Å². The zero-order valence-corrected chi connectivity index (χ0v) is 10.7. The SMILES string of the molecule is c1ccc2c(c1)c1ccnc3ccc4nccc2c4c31. The molecule has 0 saturated carbocycles. The van der Waals surface area contributed by atoms with E-state index in [-0.39, 0.29) is 0 Å². The summed E-state index contributed by atoms with van der Waals surface area (Å²) in [7, 11) is 0. The summed E-state index contributed by atoms with van der Waals surface area (Å²) in [6.45, 7) is 0. The monoisotopic (exact) mass is 254 g/mol. The van der Waals surface area contributed by atoms with Crippen LogP contribution in [0.1, 0.15) is 0 Å². The Balaban J connectivity index is 2.33.